The highest BCUT2D eigenvalue weighted by Gasteiger charge is 2.39. The molecule has 1 unspecified atom stereocenters. The minimum absolute atomic E-state index is 0.103. The number of halogens is 5. The predicted octanol–water partition coefficient (Wildman–Crippen LogP) is 6.11. The summed E-state index contributed by atoms with van der Waals surface area (Å²) in [7, 11) is -4.15. The monoisotopic (exact) mass is 511 g/mol. The van der Waals surface area contributed by atoms with Gasteiger partial charge in [0.1, 0.15) is 5.82 Å². The Hall–Kier alpha value is -3.17. The number of amides is 1. The Morgan fingerprint density at radius 3 is 2.21 bits per heavy atom. The van der Waals surface area contributed by atoms with Crippen LogP contribution in [0.15, 0.2) is 83.1 Å². The van der Waals surface area contributed by atoms with Crippen molar-refractivity contribution < 1.29 is 30.8 Å². The van der Waals surface area contributed by atoms with Crippen LogP contribution in [0.2, 0.25) is 5.02 Å². The van der Waals surface area contributed by atoms with Crippen LogP contribution in [0.1, 0.15) is 29.7 Å². The quantitative estimate of drug-likeness (QED) is 0.406. The van der Waals surface area contributed by atoms with E-state index in [1.807, 2.05) is 0 Å². The first kappa shape index (κ1) is 25.5. The maximum Gasteiger partial charge on any atom is 0.471 e. The smallest absolute Gasteiger partial charge is 0.342 e. The van der Waals surface area contributed by atoms with E-state index in [0.717, 1.165) is 0 Å². The van der Waals surface area contributed by atoms with Crippen molar-refractivity contribution in [2.45, 2.75) is 28.9 Å². The Bertz CT molecular complexity index is 1350. The molecule has 0 aliphatic rings. The minimum Gasteiger partial charge on any atom is -0.342 e. The lowest BCUT2D eigenvalue weighted by Gasteiger charge is -2.17. The molecule has 3 rings (SSSR count). The highest BCUT2D eigenvalue weighted by molar-refractivity contribution is 7.91. The number of hydrogen-bond donors (Lipinski definition) is 1. The van der Waals surface area contributed by atoms with Gasteiger partial charge in [-0.15, -0.1) is 0 Å². The van der Waals surface area contributed by atoms with E-state index in [1.54, 1.807) is 11.4 Å². The van der Waals surface area contributed by atoms with Crippen LogP contribution in [0.25, 0.3) is 5.57 Å². The third kappa shape index (κ3) is 5.31. The molecule has 1 N–H and O–H groups in total. The molecule has 1 atom stereocenters. The Kier molecular flexibility index (Phi) is 7.18. The van der Waals surface area contributed by atoms with Crippen LogP contribution in [-0.2, 0) is 14.6 Å². The third-order valence-electron chi connectivity index (χ3n) is 5.05. The van der Waals surface area contributed by atoms with Crippen molar-refractivity contribution in [2.75, 3.05) is 0 Å². The summed E-state index contributed by atoms with van der Waals surface area (Å²) >= 11 is 6.07. The number of hydrogen-bond acceptors (Lipinski definition) is 3. The van der Waals surface area contributed by atoms with Gasteiger partial charge in [-0.2, -0.15) is 13.2 Å². The SMILES string of the molecule is C=C(c1ccccc1F)c1cc(Cl)ccc1S(=O)(=O)c1ccc(C(C)NC(=O)C(F)(F)F)cc1. The van der Waals surface area contributed by atoms with E-state index in [0.29, 0.717) is 0 Å². The topological polar surface area (TPSA) is 63.2 Å². The van der Waals surface area contributed by atoms with Crippen molar-refractivity contribution in [3.05, 3.63) is 101 Å². The second-order valence-corrected chi connectivity index (χ2v) is 9.72. The van der Waals surface area contributed by atoms with Crippen molar-refractivity contribution in [2.24, 2.45) is 0 Å². The average molecular weight is 512 g/mol. The molecule has 178 valence electrons. The largest absolute Gasteiger partial charge is 0.471 e. The van der Waals surface area contributed by atoms with Gasteiger partial charge in [-0.3, -0.25) is 4.79 Å². The number of benzene rings is 3. The summed E-state index contributed by atoms with van der Waals surface area (Å²) in [6.45, 7) is 5.19. The molecule has 0 fully saturated rings. The van der Waals surface area contributed by atoms with E-state index >= 15 is 0 Å². The first-order chi connectivity index (χ1) is 15.8. The molecule has 0 aliphatic heterocycles. The lowest BCUT2D eigenvalue weighted by atomic mass is 9.99. The van der Waals surface area contributed by atoms with Crippen LogP contribution >= 0.6 is 11.6 Å². The fraction of sp³-hybridized carbons (Fsp3) is 0.125. The van der Waals surface area contributed by atoms with Gasteiger partial charge in [0.25, 0.3) is 0 Å². The Morgan fingerprint density at radius 1 is 1.00 bits per heavy atom. The molecular weight excluding hydrogens is 494 g/mol. The Labute approximate surface area is 198 Å². The second kappa shape index (κ2) is 9.60. The first-order valence-corrected chi connectivity index (χ1v) is 11.6. The number of carbonyl (C=O) groups excluding carboxylic acids is 1. The van der Waals surface area contributed by atoms with Gasteiger partial charge in [0, 0.05) is 16.1 Å². The van der Waals surface area contributed by atoms with Crippen molar-refractivity contribution in [1.82, 2.24) is 5.32 Å². The molecule has 0 spiro atoms. The number of alkyl halides is 3. The van der Waals surface area contributed by atoms with Crippen LogP contribution in [0.4, 0.5) is 17.6 Å². The van der Waals surface area contributed by atoms with Gasteiger partial charge in [-0.05, 0) is 54.5 Å². The summed E-state index contributed by atoms with van der Waals surface area (Å²) in [5.74, 6) is -2.69. The average Bonchev–Trinajstić information content (AvgIpc) is 2.78. The van der Waals surface area contributed by atoms with E-state index in [9.17, 15) is 30.8 Å². The van der Waals surface area contributed by atoms with Gasteiger partial charge in [-0.1, -0.05) is 48.5 Å². The number of carbonyl (C=O) groups is 1. The zero-order valence-corrected chi connectivity index (χ0v) is 19.2. The lowest BCUT2D eigenvalue weighted by Crippen LogP contribution is -2.38. The normalized spacial score (nSPS) is 12.8. The summed E-state index contributed by atoms with van der Waals surface area (Å²) in [6, 6.07) is 13.8. The van der Waals surface area contributed by atoms with Crippen LogP contribution in [0.5, 0.6) is 0 Å². The second-order valence-electron chi connectivity index (χ2n) is 7.36. The lowest BCUT2D eigenvalue weighted by molar-refractivity contribution is -0.174. The molecule has 0 bridgehead atoms. The van der Waals surface area contributed by atoms with Gasteiger partial charge >= 0.3 is 12.1 Å². The van der Waals surface area contributed by atoms with Gasteiger partial charge in [0.05, 0.1) is 15.8 Å². The predicted molar refractivity (Wildman–Crippen MR) is 120 cm³/mol. The first-order valence-electron chi connectivity index (χ1n) is 9.79. The Morgan fingerprint density at radius 2 is 1.62 bits per heavy atom. The fourth-order valence-corrected chi connectivity index (χ4v) is 4.89. The highest BCUT2D eigenvalue weighted by Crippen LogP contribution is 2.34. The Balaban J connectivity index is 1.98. The zero-order valence-electron chi connectivity index (χ0n) is 17.7. The maximum atomic E-state index is 14.3. The molecule has 0 saturated carbocycles. The summed E-state index contributed by atoms with van der Waals surface area (Å²) in [6.07, 6.45) is -5.04. The highest BCUT2D eigenvalue weighted by atomic mass is 35.5. The van der Waals surface area contributed by atoms with Gasteiger partial charge in [-0.25, -0.2) is 12.8 Å². The molecule has 0 radical (unpaired) electrons. The van der Waals surface area contributed by atoms with E-state index in [4.69, 9.17) is 11.6 Å². The zero-order chi connectivity index (χ0) is 25.3. The molecule has 4 nitrogen and oxygen atoms in total. The van der Waals surface area contributed by atoms with E-state index in [1.165, 1.54) is 67.6 Å². The summed E-state index contributed by atoms with van der Waals surface area (Å²) in [5, 5.41) is 2.02. The maximum absolute atomic E-state index is 14.3. The molecule has 0 aromatic heterocycles. The van der Waals surface area contributed by atoms with Crippen LogP contribution in [0, 0.1) is 5.82 Å². The molecule has 0 saturated heterocycles. The third-order valence-corrected chi connectivity index (χ3v) is 7.11. The van der Waals surface area contributed by atoms with Gasteiger partial charge < -0.3 is 5.32 Å². The molecule has 34 heavy (non-hydrogen) atoms. The molecule has 0 aliphatic carbocycles. The molecule has 3 aromatic carbocycles. The number of sulfone groups is 1. The van der Waals surface area contributed by atoms with E-state index in [-0.39, 0.29) is 37.1 Å². The van der Waals surface area contributed by atoms with Crippen LogP contribution in [-0.4, -0.2) is 20.5 Å². The summed E-state index contributed by atoms with van der Waals surface area (Å²) in [5.41, 5.74) is 0.584. The van der Waals surface area contributed by atoms with Crippen molar-refractivity contribution in [3.8, 4) is 0 Å². The van der Waals surface area contributed by atoms with Crippen molar-refractivity contribution in [3.63, 3.8) is 0 Å². The minimum atomic E-state index is -5.04. The molecule has 1 amide bonds. The summed E-state index contributed by atoms with van der Waals surface area (Å²) in [4.78, 5) is 10.8. The van der Waals surface area contributed by atoms with Gasteiger partial charge in [0.2, 0.25) is 9.84 Å². The molecule has 3 aromatic rings. The van der Waals surface area contributed by atoms with E-state index < -0.39 is 33.8 Å². The number of nitrogens with one attached hydrogen (secondary N) is 1. The molecular formula is C24H18ClF4NO3S. The van der Waals surface area contributed by atoms with Crippen molar-refractivity contribution in [1.29, 1.82) is 0 Å². The fourth-order valence-electron chi connectivity index (χ4n) is 3.25. The van der Waals surface area contributed by atoms with E-state index in [2.05, 4.69) is 6.58 Å². The van der Waals surface area contributed by atoms with Crippen molar-refractivity contribution >= 4 is 32.9 Å². The van der Waals surface area contributed by atoms with Crippen LogP contribution in [0.3, 0.4) is 0 Å². The molecule has 0 heterocycles. The number of rotatable bonds is 6. The summed E-state index contributed by atoms with van der Waals surface area (Å²) < 4.78 is 78.5. The van der Waals surface area contributed by atoms with Gasteiger partial charge in [0.15, 0.2) is 0 Å². The van der Waals surface area contributed by atoms with Crippen LogP contribution < -0.4 is 5.32 Å². The molecule has 10 heteroatoms. The standard InChI is InChI=1S/C24H18ClF4NO3S/c1-14(19-5-3-4-6-21(19)26)20-13-17(25)9-12-22(20)34(32,33)18-10-7-16(8-11-18)15(2)30-23(31)24(27,28)29/h3-13,15H,1H2,2H3,(H,30,31).